The first-order valence-electron chi connectivity index (χ1n) is 10.8. The van der Waals surface area contributed by atoms with Gasteiger partial charge in [0.15, 0.2) is 18.1 Å². The van der Waals surface area contributed by atoms with E-state index in [0.717, 1.165) is 41.6 Å². The molecule has 0 spiro atoms. The standard InChI is InChI=1S/C25H30N2O6/c1-5-6-10-20-18(17-9-7-8-11-19(17)33-20)14-27(2)25(29)16-12-21(30-3)24(22(13-16)31-4)32-15-23(26)28/h7-9,11-13H,5-6,10,14-15H2,1-4H3,(H2,26,28). The molecular formula is C25H30N2O6. The average molecular weight is 455 g/mol. The van der Waals surface area contributed by atoms with Crippen LogP contribution in [0.5, 0.6) is 17.2 Å². The topological polar surface area (TPSA) is 104 Å². The number of nitrogens with zero attached hydrogens (tertiary/aromatic N) is 1. The van der Waals surface area contributed by atoms with Crippen LogP contribution in [0.15, 0.2) is 40.8 Å². The molecule has 0 unspecified atom stereocenters. The van der Waals surface area contributed by atoms with E-state index < -0.39 is 5.91 Å². The van der Waals surface area contributed by atoms with Crippen molar-refractivity contribution in [1.82, 2.24) is 4.90 Å². The summed E-state index contributed by atoms with van der Waals surface area (Å²) in [6.07, 6.45) is 2.87. The van der Waals surface area contributed by atoms with Gasteiger partial charge in [0.05, 0.1) is 14.2 Å². The number of ether oxygens (including phenoxy) is 3. The molecule has 2 aromatic carbocycles. The molecule has 0 aliphatic heterocycles. The second-order valence-corrected chi connectivity index (χ2v) is 7.73. The lowest BCUT2D eigenvalue weighted by atomic mass is 10.1. The van der Waals surface area contributed by atoms with Gasteiger partial charge >= 0.3 is 0 Å². The molecule has 1 heterocycles. The summed E-state index contributed by atoms with van der Waals surface area (Å²) in [6, 6.07) is 11.0. The molecule has 0 radical (unpaired) electrons. The van der Waals surface area contributed by atoms with Gasteiger partial charge < -0.3 is 29.3 Å². The first kappa shape index (κ1) is 24.0. The van der Waals surface area contributed by atoms with E-state index in [9.17, 15) is 9.59 Å². The van der Waals surface area contributed by atoms with Crippen molar-refractivity contribution >= 4 is 22.8 Å². The predicted molar refractivity (Wildman–Crippen MR) is 125 cm³/mol. The van der Waals surface area contributed by atoms with E-state index in [1.807, 2.05) is 24.3 Å². The van der Waals surface area contributed by atoms with E-state index in [1.54, 1.807) is 24.1 Å². The Morgan fingerprint density at radius 1 is 1.09 bits per heavy atom. The highest BCUT2D eigenvalue weighted by atomic mass is 16.5. The van der Waals surface area contributed by atoms with Crippen LogP contribution in [-0.2, 0) is 17.8 Å². The monoisotopic (exact) mass is 454 g/mol. The third-order valence-corrected chi connectivity index (χ3v) is 5.35. The molecule has 8 heteroatoms. The molecule has 0 saturated heterocycles. The van der Waals surface area contributed by atoms with Gasteiger partial charge in [0.1, 0.15) is 11.3 Å². The Bertz CT molecular complexity index is 1110. The molecule has 0 aliphatic carbocycles. The Balaban J connectivity index is 1.91. The van der Waals surface area contributed by atoms with Crippen LogP contribution in [0.25, 0.3) is 11.0 Å². The Hall–Kier alpha value is -3.68. The van der Waals surface area contributed by atoms with Gasteiger partial charge in [-0.15, -0.1) is 0 Å². The Morgan fingerprint density at radius 3 is 2.36 bits per heavy atom. The maximum Gasteiger partial charge on any atom is 0.255 e. The molecule has 176 valence electrons. The van der Waals surface area contributed by atoms with Crippen LogP contribution in [0.1, 0.15) is 41.4 Å². The number of primary amides is 1. The first-order valence-corrected chi connectivity index (χ1v) is 10.8. The minimum absolute atomic E-state index is 0.209. The normalized spacial score (nSPS) is 10.8. The number of rotatable bonds is 11. The number of furan rings is 1. The van der Waals surface area contributed by atoms with E-state index in [4.69, 9.17) is 24.4 Å². The highest BCUT2D eigenvalue weighted by Gasteiger charge is 2.22. The van der Waals surface area contributed by atoms with Crippen molar-refractivity contribution in [2.75, 3.05) is 27.9 Å². The van der Waals surface area contributed by atoms with Gasteiger partial charge in [0, 0.05) is 36.5 Å². The van der Waals surface area contributed by atoms with Crippen LogP contribution in [0.4, 0.5) is 0 Å². The smallest absolute Gasteiger partial charge is 0.255 e. The third kappa shape index (κ3) is 5.39. The molecule has 3 rings (SSSR count). The van der Waals surface area contributed by atoms with Crippen LogP contribution in [0.2, 0.25) is 0 Å². The minimum Gasteiger partial charge on any atom is -0.493 e. The Labute approximate surface area is 193 Å². The van der Waals surface area contributed by atoms with Gasteiger partial charge in [-0.1, -0.05) is 31.5 Å². The number of hydrogen-bond donors (Lipinski definition) is 1. The van der Waals surface area contributed by atoms with E-state index in [0.29, 0.717) is 12.1 Å². The van der Waals surface area contributed by atoms with Crippen molar-refractivity contribution in [3.8, 4) is 17.2 Å². The summed E-state index contributed by atoms with van der Waals surface area (Å²) in [5, 5.41) is 1.01. The summed E-state index contributed by atoms with van der Waals surface area (Å²) in [5.41, 5.74) is 7.36. The van der Waals surface area contributed by atoms with Gasteiger partial charge in [-0.05, 0) is 24.6 Å². The highest BCUT2D eigenvalue weighted by molar-refractivity contribution is 5.96. The summed E-state index contributed by atoms with van der Waals surface area (Å²) in [4.78, 5) is 26.1. The number of amides is 2. The lowest BCUT2D eigenvalue weighted by Crippen LogP contribution is -2.26. The number of benzene rings is 2. The SMILES string of the molecule is CCCCc1oc2ccccc2c1CN(C)C(=O)c1cc(OC)c(OCC(N)=O)c(OC)c1. The first-order chi connectivity index (χ1) is 15.9. The minimum atomic E-state index is -0.634. The van der Waals surface area contributed by atoms with E-state index in [1.165, 1.54) is 14.2 Å². The molecule has 0 saturated carbocycles. The van der Waals surface area contributed by atoms with Crippen molar-refractivity contribution in [2.24, 2.45) is 5.73 Å². The van der Waals surface area contributed by atoms with E-state index in [-0.39, 0.29) is 29.8 Å². The molecule has 1 aromatic heterocycles. The quantitative estimate of drug-likeness (QED) is 0.471. The molecule has 33 heavy (non-hydrogen) atoms. The number of hydrogen-bond acceptors (Lipinski definition) is 6. The van der Waals surface area contributed by atoms with Crippen LogP contribution in [0.3, 0.4) is 0 Å². The lowest BCUT2D eigenvalue weighted by molar-refractivity contribution is -0.120. The fraction of sp³-hybridized carbons (Fsp3) is 0.360. The van der Waals surface area contributed by atoms with Gasteiger partial charge in [0.25, 0.3) is 11.8 Å². The number of fused-ring (bicyclic) bond motifs is 1. The lowest BCUT2D eigenvalue weighted by Gasteiger charge is -2.20. The number of carbonyl (C=O) groups is 2. The summed E-state index contributed by atoms with van der Waals surface area (Å²) in [7, 11) is 4.63. The van der Waals surface area contributed by atoms with Gasteiger partial charge in [0.2, 0.25) is 5.75 Å². The summed E-state index contributed by atoms with van der Waals surface area (Å²) >= 11 is 0. The average Bonchev–Trinajstić information content (AvgIpc) is 3.17. The zero-order chi connectivity index (χ0) is 24.0. The molecule has 2 amide bonds. The second-order valence-electron chi connectivity index (χ2n) is 7.73. The Morgan fingerprint density at radius 2 is 1.76 bits per heavy atom. The van der Waals surface area contributed by atoms with Gasteiger partial charge in [-0.25, -0.2) is 0 Å². The van der Waals surface area contributed by atoms with Crippen molar-refractivity contribution in [3.63, 3.8) is 0 Å². The summed E-state index contributed by atoms with van der Waals surface area (Å²) in [5.74, 6) is 0.795. The number of para-hydroxylation sites is 1. The molecule has 3 aromatic rings. The van der Waals surface area contributed by atoms with Crippen molar-refractivity contribution in [1.29, 1.82) is 0 Å². The fourth-order valence-corrected chi connectivity index (χ4v) is 3.68. The van der Waals surface area contributed by atoms with E-state index in [2.05, 4.69) is 6.92 Å². The molecule has 0 atom stereocenters. The molecular weight excluding hydrogens is 424 g/mol. The van der Waals surface area contributed by atoms with Crippen LogP contribution >= 0.6 is 0 Å². The summed E-state index contributed by atoms with van der Waals surface area (Å²) in [6.45, 7) is 2.18. The van der Waals surface area contributed by atoms with Gasteiger partial charge in [-0.3, -0.25) is 9.59 Å². The number of unbranched alkanes of at least 4 members (excludes halogenated alkanes) is 1. The molecule has 0 bridgehead atoms. The zero-order valence-electron chi connectivity index (χ0n) is 19.5. The molecule has 0 fully saturated rings. The predicted octanol–water partition coefficient (Wildman–Crippen LogP) is 3.93. The number of aryl methyl sites for hydroxylation is 1. The number of nitrogens with two attached hydrogens (primary N) is 1. The fourth-order valence-electron chi connectivity index (χ4n) is 3.68. The maximum absolute atomic E-state index is 13.3. The van der Waals surface area contributed by atoms with Crippen molar-refractivity contribution in [3.05, 3.63) is 53.3 Å². The van der Waals surface area contributed by atoms with Gasteiger partial charge in [-0.2, -0.15) is 0 Å². The van der Waals surface area contributed by atoms with Crippen LogP contribution in [0, 0.1) is 0 Å². The van der Waals surface area contributed by atoms with Crippen LogP contribution in [-0.4, -0.2) is 44.6 Å². The zero-order valence-corrected chi connectivity index (χ0v) is 19.5. The Kier molecular flexibility index (Phi) is 7.82. The maximum atomic E-state index is 13.3. The third-order valence-electron chi connectivity index (χ3n) is 5.35. The molecule has 2 N–H and O–H groups in total. The number of carbonyl (C=O) groups excluding carboxylic acids is 2. The van der Waals surface area contributed by atoms with Crippen molar-refractivity contribution in [2.45, 2.75) is 32.7 Å². The molecule has 0 aliphatic rings. The highest BCUT2D eigenvalue weighted by Crippen LogP contribution is 2.39. The molecule has 8 nitrogen and oxygen atoms in total. The summed E-state index contributed by atoms with van der Waals surface area (Å²) < 4.78 is 22.3. The van der Waals surface area contributed by atoms with Crippen LogP contribution < -0.4 is 19.9 Å². The number of methoxy groups -OCH3 is 2. The second kappa shape index (κ2) is 10.8. The van der Waals surface area contributed by atoms with Crippen molar-refractivity contribution < 1.29 is 28.2 Å². The largest absolute Gasteiger partial charge is 0.493 e. The van der Waals surface area contributed by atoms with E-state index >= 15 is 0 Å².